The third kappa shape index (κ3) is 1.73. The molecule has 3 aliphatic carbocycles. The summed E-state index contributed by atoms with van der Waals surface area (Å²) < 4.78 is 0. The lowest BCUT2D eigenvalue weighted by molar-refractivity contribution is -0.0539. The SMILES string of the molecule is C[Si](C)(C)[C@@H](C#N)C1(O)[C@H]2C=C[C@H]1[C@H]1C=C[C@H]2C1=CC#N. The average molecular weight is 296 g/mol. The van der Waals surface area contributed by atoms with Gasteiger partial charge in [0.25, 0.3) is 0 Å². The summed E-state index contributed by atoms with van der Waals surface area (Å²) >= 11 is 0. The Kier molecular flexibility index (Phi) is 3.02. The fourth-order valence-corrected chi connectivity index (χ4v) is 6.72. The minimum absolute atomic E-state index is 0.0712. The van der Waals surface area contributed by atoms with Crippen molar-refractivity contribution in [3.05, 3.63) is 36.0 Å². The van der Waals surface area contributed by atoms with E-state index in [1.165, 1.54) is 0 Å². The summed E-state index contributed by atoms with van der Waals surface area (Å²) in [7, 11) is -1.83. The lowest BCUT2D eigenvalue weighted by atomic mass is 9.63. The highest BCUT2D eigenvalue weighted by molar-refractivity contribution is 6.78. The van der Waals surface area contributed by atoms with Gasteiger partial charge < -0.3 is 5.11 Å². The standard InChI is InChI=1S/C17H20N2OSi/c1-21(2,3)16(10-19)17(20)14-6-7-15(17)13-5-4-12(14)11(13)8-9-18/h4-8,12-16,20H,1-3H3/t12-,13-,14-,15-,16-,17?/m0/s1. The molecule has 1 saturated carbocycles. The number of allylic oxidation sites excluding steroid dienone is 4. The van der Waals surface area contributed by atoms with Gasteiger partial charge in [-0.1, -0.05) is 43.9 Å². The van der Waals surface area contributed by atoms with Gasteiger partial charge in [0.05, 0.1) is 31.4 Å². The van der Waals surface area contributed by atoms with Gasteiger partial charge in [0.2, 0.25) is 0 Å². The van der Waals surface area contributed by atoms with E-state index < -0.39 is 13.7 Å². The maximum atomic E-state index is 11.5. The molecule has 4 heteroatoms. The van der Waals surface area contributed by atoms with Gasteiger partial charge in [-0.15, -0.1) is 0 Å². The summed E-state index contributed by atoms with van der Waals surface area (Å²) in [5.74, 6) is -0.00866. The van der Waals surface area contributed by atoms with Gasteiger partial charge in [-0.3, -0.25) is 0 Å². The molecular weight excluding hydrogens is 276 g/mol. The van der Waals surface area contributed by atoms with E-state index in [9.17, 15) is 10.4 Å². The number of aliphatic hydroxyl groups is 1. The van der Waals surface area contributed by atoms with E-state index in [1.807, 2.05) is 0 Å². The summed E-state index contributed by atoms with van der Waals surface area (Å²) in [6.07, 6.45) is 10.0. The Morgan fingerprint density at radius 3 is 2.05 bits per heavy atom. The van der Waals surface area contributed by atoms with Crippen molar-refractivity contribution in [1.82, 2.24) is 0 Å². The highest BCUT2D eigenvalue weighted by atomic mass is 28.3. The number of hydrogen-bond donors (Lipinski definition) is 1. The van der Waals surface area contributed by atoms with Crippen LogP contribution in [-0.2, 0) is 0 Å². The Morgan fingerprint density at radius 1 is 1.14 bits per heavy atom. The molecule has 0 aromatic rings. The molecule has 0 saturated heterocycles. The first-order chi connectivity index (χ1) is 9.85. The molecule has 1 N–H and O–H groups in total. The molecule has 108 valence electrons. The van der Waals surface area contributed by atoms with Crippen LogP contribution in [0.1, 0.15) is 0 Å². The van der Waals surface area contributed by atoms with Crippen molar-refractivity contribution >= 4 is 8.07 Å². The summed E-state index contributed by atoms with van der Waals surface area (Å²) in [5.41, 5.74) is -0.178. The first-order valence-electron chi connectivity index (χ1n) is 7.44. The summed E-state index contributed by atoms with van der Waals surface area (Å²) in [5, 5.41) is 30.3. The van der Waals surface area contributed by atoms with Crippen molar-refractivity contribution in [1.29, 1.82) is 10.5 Å². The van der Waals surface area contributed by atoms with Gasteiger partial charge in [-0.2, -0.15) is 10.5 Å². The van der Waals surface area contributed by atoms with E-state index >= 15 is 0 Å². The number of fused-ring (bicyclic) bond motifs is 6. The molecule has 0 aromatic heterocycles. The van der Waals surface area contributed by atoms with E-state index in [0.717, 1.165) is 5.57 Å². The van der Waals surface area contributed by atoms with Crippen molar-refractivity contribution in [3.63, 3.8) is 0 Å². The molecule has 21 heavy (non-hydrogen) atoms. The van der Waals surface area contributed by atoms with Crippen molar-refractivity contribution in [2.24, 2.45) is 23.7 Å². The molecule has 0 aliphatic heterocycles. The minimum Gasteiger partial charge on any atom is -0.388 e. The van der Waals surface area contributed by atoms with Crippen LogP contribution in [0.15, 0.2) is 36.0 Å². The fourth-order valence-electron chi connectivity index (χ4n) is 4.57. The quantitative estimate of drug-likeness (QED) is 0.484. The first kappa shape index (κ1) is 14.3. The Balaban J connectivity index is 2.09. The van der Waals surface area contributed by atoms with Crippen LogP contribution in [0.4, 0.5) is 0 Å². The number of nitriles is 2. The van der Waals surface area contributed by atoms with E-state index in [-0.39, 0.29) is 29.2 Å². The zero-order chi connectivity index (χ0) is 15.4. The number of hydrogen-bond acceptors (Lipinski definition) is 3. The predicted octanol–water partition coefficient (Wildman–Crippen LogP) is 3.02. The zero-order valence-corrected chi connectivity index (χ0v) is 13.6. The average Bonchev–Trinajstić information content (AvgIpc) is 2.78. The normalized spacial score (nSPS) is 40.8. The molecule has 4 bridgehead atoms. The molecule has 0 aromatic carbocycles. The van der Waals surface area contributed by atoms with E-state index in [4.69, 9.17) is 5.26 Å². The van der Waals surface area contributed by atoms with Crippen molar-refractivity contribution in [2.45, 2.75) is 30.8 Å². The Morgan fingerprint density at radius 2 is 1.67 bits per heavy atom. The van der Waals surface area contributed by atoms with Crippen LogP contribution in [0, 0.1) is 46.3 Å². The molecular formula is C17H20N2OSi. The van der Waals surface area contributed by atoms with Gasteiger partial charge in [-0.05, 0) is 5.57 Å². The third-order valence-electron chi connectivity index (χ3n) is 5.35. The van der Waals surface area contributed by atoms with Gasteiger partial charge in [-0.25, -0.2) is 0 Å². The second-order valence-corrected chi connectivity index (χ2v) is 12.8. The van der Waals surface area contributed by atoms with Crippen LogP contribution in [0.2, 0.25) is 25.2 Å². The molecule has 3 aliphatic rings. The molecule has 1 fully saturated rings. The van der Waals surface area contributed by atoms with Gasteiger partial charge in [0.1, 0.15) is 0 Å². The number of rotatable bonds is 2. The Labute approximate surface area is 126 Å². The fraction of sp³-hybridized carbons (Fsp3) is 0.529. The van der Waals surface area contributed by atoms with Crippen LogP contribution in [0.3, 0.4) is 0 Å². The highest BCUT2D eigenvalue weighted by Crippen LogP contribution is 2.62. The van der Waals surface area contributed by atoms with Crippen molar-refractivity contribution in [3.8, 4) is 12.1 Å². The second-order valence-electron chi connectivity index (χ2n) is 7.46. The van der Waals surface area contributed by atoms with Crippen LogP contribution >= 0.6 is 0 Å². The van der Waals surface area contributed by atoms with Crippen LogP contribution in [0.25, 0.3) is 0 Å². The highest BCUT2D eigenvalue weighted by Gasteiger charge is 2.63. The maximum Gasteiger partial charge on any atom is 0.0921 e. The largest absolute Gasteiger partial charge is 0.388 e. The molecule has 0 radical (unpaired) electrons. The third-order valence-corrected chi connectivity index (χ3v) is 7.68. The smallest absolute Gasteiger partial charge is 0.0921 e. The molecule has 0 heterocycles. The maximum absolute atomic E-state index is 11.5. The molecule has 0 unspecified atom stereocenters. The van der Waals surface area contributed by atoms with Crippen molar-refractivity contribution < 1.29 is 5.11 Å². The molecule has 0 amide bonds. The summed E-state index contributed by atoms with van der Waals surface area (Å²) in [6.45, 7) is 6.44. The van der Waals surface area contributed by atoms with Gasteiger partial charge >= 0.3 is 0 Å². The summed E-state index contributed by atoms with van der Waals surface area (Å²) in [4.78, 5) is 0. The van der Waals surface area contributed by atoms with Crippen LogP contribution < -0.4 is 0 Å². The molecule has 0 spiro atoms. The monoisotopic (exact) mass is 296 g/mol. The van der Waals surface area contributed by atoms with Gasteiger partial charge in [0.15, 0.2) is 0 Å². The predicted molar refractivity (Wildman–Crippen MR) is 83.6 cm³/mol. The van der Waals surface area contributed by atoms with Crippen LogP contribution in [-0.4, -0.2) is 18.8 Å². The zero-order valence-electron chi connectivity index (χ0n) is 12.6. The first-order valence-corrected chi connectivity index (χ1v) is 11.0. The van der Waals surface area contributed by atoms with E-state index in [0.29, 0.717) is 0 Å². The Bertz CT molecular complexity index is 615. The minimum atomic E-state index is -1.83. The van der Waals surface area contributed by atoms with Gasteiger partial charge in [0, 0.05) is 29.7 Å². The second kappa shape index (κ2) is 4.43. The topological polar surface area (TPSA) is 67.8 Å². The lowest BCUT2D eigenvalue weighted by Crippen LogP contribution is -2.57. The van der Waals surface area contributed by atoms with Crippen molar-refractivity contribution in [2.75, 3.05) is 0 Å². The molecule has 3 nitrogen and oxygen atoms in total. The molecule has 3 rings (SSSR count). The number of nitrogens with zero attached hydrogens (tertiary/aromatic N) is 2. The van der Waals surface area contributed by atoms with Crippen LogP contribution in [0.5, 0.6) is 0 Å². The summed E-state index contributed by atoms with van der Waals surface area (Å²) in [6, 6.07) is 4.57. The Hall–Kier alpha value is -1.62. The lowest BCUT2D eigenvalue weighted by Gasteiger charge is -2.50. The van der Waals surface area contributed by atoms with E-state index in [2.05, 4.69) is 56.1 Å². The van der Waals surface area contributed by atoms with E-state index in [1.54, 1.807) is 6.08 Å². The molecule has 5 atom stereocenters.